The van der Waals surface area contributed by atoms with Crippen molar-refractivity contribution in [2.75, 3.05) is 20.8 Å². The van der Waals surface area contributed by atoms with Crippen molar-refractivity contribution in [3.8, 4) is 11.5 Å². The molecule has 0 fully saturated rings. The molecule has 0 aromatic heterocycles. The van der Waals surface area contributed by atoms with Crippen LogP contribution in [0.25, 0.3) is 0 Å². The second-order valence-electron chi connectivity index (χ2n) is 6.52. The van der Waals surface area contributed by atoms with Crippen LogP contribution in [0.15, 0.2) is 60.3 Å². The van der Waals surface area contributed by atoms with Crippen LogP contribution in [0.3, 0.4) is 0 Å². The molecule has 26 heavy (non-hydrogen) atoms. The molecule has 3 rings (SSSR count). The molecule has 1 unspecified atom stereocenters. The second kappa shape index (κ2) is 8.56. The van der Waals surface area contributed by atoms with Crippen LogP contribution in [0.4, 0.5) is 0 Å². The maximum Gasteiger partial charge on any atom is 0.160 e. The minimum absolute atomic E-state index is 0.193. The molecule has 2 aromatic carbocycles. The highest BCUT2D eigenvalue weighted by molar-refractivity contribution is 5.91. The van der Waals surface area contributed by atoms with Crippen molar-refractivity contribution in [2.24, 2.45) is 0 Å². The number of benzene rings is 2. The number of nitrogens with one attached hydrogen (secondary N) is 1. The van der Waals surface area contributed by atoms with Gasteiger partial charge in [-0.1, -0.05) is 36.4 Å². The number of allylic oxidation sites excluding steroid dienone is 2. The topological polar surface area (TPSA) is 47.6 Å². The van der Waals surface area contributed by atoms with Gasteiger partial charge < -0.3 is 14.8 Å². The van der Waals surface area contributed by atoms with Gasteiger partial charge in [0.05, 0.1) is 14.2 Å². The van der Waals surface area contributed by atoms with Crippen LogP contribution >= 0.6 is 0 Å². The highest BCUT2D eigenvalue weighted by atomic mass is 16.5. The normalized spacial score (nSPS) is 16.8. The van der Waals surface area contributed by atoms with Crippen LogP contribution in [0.1, 0.15) is 29.9 Å². The third-order valence-corrected chi connectivity index (χ3v) is 4.73. The first kappa shape index (κ1) is 18.1. The minimum Gasteiger partial charge on any atom is -0.493 e. The van der Waals surface area contributed by atoms with Crippen molar-refractivity contribution >= 4 is 5.78 Å². The van der Waals surface area contributed by atoms with Crippen molar-refractivity contribution < 1.29 is 14.3 Å². The predicted octanol–water partition coefficient (Wildman–Crippen LogP) is 3.87. The van der Waals surface area contributed by atoms with Gasteiger partial charge in [0.2, 0.25) is 0 Å². The maximum atomic E-state index is 12.1. The lowest BCUT2D eigenvalue weighted by molar-refractivity contribution is -0.115. The van der Waals surface area contributed by atoms with E-state index in [1.807, 2.05) is 36.4 Å². The van der Waals surface area contributed by atoms with Gasteiger partial charge in [0, 0.05) is 24.7 Å². The zero-order chi connectivity index (χ0) is 18.4. The van der Waals surface area contributed by atoms with Crippen LogP contribution in [-0.4, -0.2) is 26.5 Å². The second-order valence-corrected chi connectivity index (χ2v) is 6.52. The smallest absolute Gasteiger partial charge is 0.160 e. The first-order valence-electron chi connectivity index (χ1n) is 8.92. The molecule has 136 valence electrons. The first-order valence-corrected chi connectivity index (χ1v) is 8.92. The number of ether oxygens (including phenoxy) is 2. The van der Waals surface area contributed by atoms with E-state index in [4.69, 9.17) is 9.47 Å². The molecule has 4 nitrogen and oxygen atoms in total. The van der Waals surface area contributed by atoms with Gasteiger partial charge in [-0.25, -0.2) is 0 Å². The number of hydrogen-bond acceptors (Lipinski definition) is 4. The fourth-order valence-electron chi connectivity index (χ4n) is 3.38. The highest BCUT2D eigenvalue weighted by Crippen LogP contribution is 2.30. The molecular weight excluding hydrogens is 326 g/mol. The van der Waals surface area contributed by atoms with Gasteiger partial charge in [-0.15, -0.1) is 0 Å². The molecule has 0 aliphatic heterocycles. The third kappa shape index (κ3) is 4.45. The zero-order valence-corrected chi connectivity index (χ0v) is 15.3. The Hall–Kier alpha value is -2.75. The largest absolute Gasteiger partial charge is 0.493 e. The first-order chi connectivity index (χ1) is 12.7. The average Bonchev–Trinajstić information content (AvgIpc) is 2.68. The van der Waals surface area contributed by atoms with Crippen molar-refractivity contribution in [1.82, 2.24) is 5.32 Å². The summed E-state index contributed by atoms with van der Waals surface area (Å²) < 4.78 is 10.6. The number of carbonyl (C=O) groups is 1. The maximum absolute atomic E-state index is 12.1. The van der Waals surface area contributed by atoms with Gasteiger partial charge in [-0.3, -0.25) is 4.79 Å². The monoisotopic (exact) mass is 351 g/mol. The summed E-state index contributed by atoms with van der Waals surface area (Å²) in [6.45, 7) is 0.774. The van der Waals surface area contributed by atoms with E-state index >= 15 is 0 Å². The summed E-state index contributed by atoms with van der Waals surface area (Å²) in [6, 6.07) is 16.2. The molecule has 1 N–H and O–H groups in total. The molecule has 0 amide bonds. The summed E-state index contributed by atoms with van der Waals surface area (Å²) in [5.41, 5.74) is 3.42. The van der Waals surface area contributed by atoms with E-state index in [1.165, 1.54) is 5.56 Å². The summed E-state index contributed by atoms with van der Waals surface area (Å²) >= 11 is 0. The Morgan fingerprint density at radius 2 is 1.77 bits per heavy atom. The number of carbonyl (C=O) groups excluding carboxylic acids is 1. The lowest BCUT2D eigenvalue weighted by Gasteiger charge is -2.23. The van der Waals surface area contributed by atoms with Crippen LogP contribution in [-0.2, 0) is 11.2 Å². The molecule has 0 spiro atoms. The standard InChI is InChI=1S/C22H25NO3/c1-25-21-9-8-16(12-22(21)26-2)10-11-23-19-13-18(14-20(24)15-19)17-6-4-3-5-7-17/h3-9,12,15,18,23H,10-11,13-14H2,1-2H3. The van der Waals surface area contributed by atoms with E-state index in [1.54, 1.807) is 20.3 Å². The minimum atomic E-state index is 0.193. The Morgan fingerprint density at radius 1 is 1.00 bits per heavy atom. The number of rotatable bonds is 7. The third-order valence-electron chi connectivity index (χ3n) is 4.73. The van der Waals surface area contributed by atoms with E-state index in [0.717, 1.165) is 42.1 Å². The number of hydrogen-bond donors (Lipinski definition) is 1. The van der Waals surface area contributed by atoms with E-state index in [0.29, 0.717) is 6.42 Å². The summed E-state index contributed by atoms with van der Waals surface area (Å²) in [7, 11) is 3.27. The summed E-state index contributed by atoms with van der Waals surface area (Å²) in [4.78, 5) is 12.1. The van der Waals surface area contributed by atoms with Crippen LogP contribution in [0.5, 0.6) is 11.5 Å². The molecule has 0 bridgehead atoms. The van der Waals surface area contributed by atoms with Gasteiger partial charge in [-0.2, -0.15) is 0 Å². The van der Waals surface area contributed by atoms with E-state index in [-0.39, 0.29) is 11.7 Å². The van der Waals surface area contributed by atoms with Crippen molar-refractivity contribution in [3.63, 3.8) is 0 Å². The lowest BCUT2D eigenvalue weighted by Crippen LogP contribution is -2.23. The highest BCUT2D eigenvalue weighted by Gasteiger charge is 2.21. The van der Waals surface area contributed by atoms with Gasteiger partial charge >= 0.3 is 0 Å². The van der Waals surface area contributed by atoms with Gasteiger partial charge in [0.1, 0.15) is 0 Å². The molecule has 1 aliphatic rings. The fourth-order valence-corrected chi connectivity index (χ4v) is 3.38. The number of methoxy groups -OCH3 is 2. The molecule has 4 heteroatoms. The molecule has 1 atom stereocenters. The van der Waals surface area contributed by atoms with Crippen LogP contribution in [0.2, 0.25) is 0 Å². The SMILES string of the molecule is COc1ccc(CCNC2=CC(=O)CC(c3ccccc3)C2)cc1OC. The predicted molar refractivity (Wildman–Crippen MR) is 103 cm³/mol. The van der Waals surface area contributed by atoms with E-state index < -0.39 is 0 Å². The zero-order valence-electron chi connectivity index (χ0n) is 15.3. The van der Waals surface area contributed by atoms with Crippen molar-refractivity contribution in [3.05, 3.63) is 71.4 Å². The Morgan fingerprint density at radius 3 is 2.50 bits per heavy atom. The van der Waals surface area contributed by atoms with Crippen molar-refractivity contribution in [1.29, 1.82) is 0 Å². The Bertz CT molecular complexity index is 783. The summed E-state index contributed by atoms with van der Waals surface area (Å²) in [6.07, 6.45) is 4.07. The van der Waals surface area contributed by atoms with Crippen LogP contribution < -0.4 is 14.8 Å². The average molecular weight is 351 g/mol. The Balaban J connectivity index is 1.58. The van der Waals surface area contributed by atoms with Gasteiger partial charge in [-0.05, 0) is 42.0 Å². The molecule has 2 aromatic rings. The summed E-state index contributed by atoms with van der Waals surface area (Å²) in [5.74, 6) is 1.92. The van der Waals surface area contributed by atoms with Gasteiger partial charge in [0.25, 0.3) is 0 Å². The lowest BCUT2D eigenvalue weighted by atomic mass is 9.85. The molecular formula is C22H25NO3. The Labute approximate surface area is 154 Å². The van der Waals surface area contributed by atoms with E-state index in [9.17, 15) is 4.79 Å². The molecule has 0 saturated carbocycles. The van der Waals surface area contributed by atoms with Gasteiger partial charge in [0.15, 0.2) is 17.3 Å². The molecule has 0 radical (unpaired) electrons. The molecule has 0 saturated heterocycles. The van der Waals surface area contributed by atoms with E-state index in [2.05, 4.69) is 17.4 Å². The van der Waals surface area contributed by atoms with Crippen molar-refractivity contribution in [2.45, 2.75) is 25.2 Å². The molecule has 0 heterocycles. The quantitative estimate of drug-likeness (QED) is 0.823. The fraction of sp³-hybridized carbons (Fsp3) is 0.318. The van der Waals surface area contributed by atoms with Crippen LogP contribution in [0, 0.1) is 0 Å². The molecule has 1 aliphatic carbocycles. The number of ketones is 1. The Kier molecular flexibility index (Phi) is 5.95. The summed E-state index contributed by atoms with van der Waals surface area (Å²) in [5, 5.41) is 3.43.